The maximum Gasteiger partial charge on any atom is 0.296 e. The van der Waals surface area contributed by atoms with Crippen molar-refractivity contribution in [2.45, 2.75) is 6.61 Å². The summed E-state index contributed by atoms with van der Waals surface area (Å²) in [5.74, 6) is 0.747. The molecule has 34 heavy (non-hydrogen) atoms. The Morgan fingerprint density at radius 1 is 1.12 bits per heavy atom. The van der Waals surface area contributed by atoms with Gasteiger partial charge in [0.2, 0.25) is 0 Å². The summed E-state index contributed by atoms with van der Waals surface area (Å²) < 4.78 is 11.3. The zero-order valence-electron chi connectivity index (χ0n) is 17.9. The number of carbonyl (C=O) groups is 1. The Morgan fingerprint density at radius 2 is 1.91 bits per heavy atom. The average Bonchev–Trinajstić information content (AvgIpc) is 3.17. The molecule has 0 radical (unpaired) electrons. The van der Waals surface area contributed by atoms with Crippen molar-refractivity contribution >= 4 is 51.9 Å². The molecule has 3 aromatic carbocycles. The van der Waals surface area contributed by atoms with Gasteiger partial charge in [-0.1, -0.05) is 48.0 Å². The summed E-state index contributed by atoms with van der Waals surface area (Å²) in [6.07, 6.45) is 1.69. The van der Waals surface area contributed by atoms with E-state index in [2.05, 4.69) is 10.3 Å². The number of carbonyl (C=O) groups excluding carboxylic acids is 1. The first-order chi connectivity index (χ1) is 16.4. The number of nitro groups is 1. The van der Waals surface area contributed by atoms with Crippen LogP contribution in [0.4, 0.5) is 11.4 Å². The number of nitrogens with zero attached hydrogens (tertiary/aromatic N) is 2. The molecule has 1 heterocycles. The Balaban J connectivity index is 1.56. The lowest BCUT2D eigenvalue weighted by Crippen LogP contribution is -2.19. The largest absolute Gasteiger partial charge is 0.493 e. The Bertz CT molecular complexity index is 1310. The van der Waals surface area contributed by atoms with Crippen LogP contribution in [-0.2, 0) is 11.4 Å². The van der Waals surface area contributed by atoms with E-state index in [-0.39, 0.29) is 27.5 Å². The summed E-state index contributed by atoms with van der Waals surface area (Å²) in [5, 5.41) is 14.4. The molecule has 1 amide bonds. The van der Waals surface area contributed by atoms with Gasteiger partial charge < -0.3 is 14.8 Å². The number of hydrogen-bond acceptors (Lipinski definition) is 7. The molecule has 8 nitrogen and oxygen atoms in total. The summed E-state index contributed by atoms with van der Waals surface area (Å²) in [7, 11) is 1.56. The van der Waals surface area contributed by atoms with Crippen molar-refractivity contribution in [1.29, 1.82) is 0 Å². The van der Waals surface area contributed by atoms with Crippen LogP contribution in [0.15, 0.2) is 76.6 Å². The molecule has 0 unspecified atom stereocenters. The molecule has 1 fully saturated rings. The van der Waals surface area contributed by atoms with E-state index < -0.39 is 4.92 Å². The molecule has 10 heteroatoms. The van der Waals surface area contributed by atoms with Crippen molar-refractivity contribution in [2.24, 2.45) is 4.99 Å². The van der Waals surface area contributed by atoms with E-state index in [0.717, 1.165) is 22.9 Å². The zero-order valence-corrected chi connectivity index (χ0v) is 19.4. The van der Waals surface area contributed by atoms with E-state index in [1.54, 1.807) is 31.4 Å². The van der Waals surface area contributed by atoms with E-state index >= 15 is 0 Å². The van der Waals surface area contributed by atoms with E-state index in [1.807, 2.05) is 30.3 Å². The van der Waals surface area contributed by atoms with Crippen LogP contribution in [0.3, 0.4) is 0 Å². The van der Waals surface area contributed by atoms with Crippen LogP contribution in [-0.4, -0.2) is 23.1 Å². The SMILES string of the molecule is COc1ccc(/C=C2/SC(=Nc3ccc(Cl)cc3[N+](=O)[O-])NC2=O)cc1OCc1ccccc1. The topological polar surface area (TPSA) is 103 Å². The van der Waals surface area contributed by atoms with Crippen LogP contribution in [0, 0.1) is 10.1 Å². The van der Waals surface area contributed by atoms with E-state index in [9.17, 15) is 14.9 Å². The van der Waals surface area contributed by atoms with Crippen molar-refractivity contribution in [1.82, 2.24) is 5.32 Å². The minimum Gasteiger partial charge on any atom is -0.493 e. The highest BCUT2D eigenvalue weighted by Gasteiger charge is 2.25. The van der Waals surface area contributed by atoms with E-state index in [0.29, 0.717) is 23.0 Å². The Hall–Kier alpha value is -3.82. The molecule has 3 aromatic rings. The van der Waals surface area contributed by atoms with Crippen LogP contribution in [0.5, 0.6) is 11.5 Å². The van der Waals surface area contributed by atoms with Crippen LogP contribution >= 0.6 is 23.4 Å². The molecule has 172 valence electrons. The normalized spacial score (nSPS) is 15.4. The fraction of sp³-hybridized carbons (Fsp3) is 0.0833. The Kier molecular flexibility index (Phi) is 7.15. The van der Waals surface area contributed by atoms with Gasteiger partial charge in [-0.05, 0) is 53.2 Å². The summed E-state index contributed by atoms with van der Waals surface area (Å²) in [6.45, 7) is 0.364. The minimum absolute atomic E-state index is 0.0968. The fourth-order valence-electron chi connectivity index (χ4n) is 3.11. The summed E-state index contributed by atoms with van der Waals surface area (Å²) in [4.78, 5) is 27.8. The lowest BCUT2D eigenvalue weighted by molar-refractivity contribution is -0.384. The van der Waals surface area contributed by atoms with Gasteiger partial charge in [0.15, 0.2) is 16.7 Å². The van der Waals surface area contributed by atoms with Gasteiger partial charge in [-0.15, -0.1) is 0 Å². The molecule has 1 N–H and O–H groups in total. The maximum atomic E-state index is 12.5. The molecular weight excluding hydrogens is 478 g/mol. The van der Waals surface area contributed by atoms with Gasteiger partial charge >= 0.3 is 0 Å². The van der Waals surface area contributed by atoms with Gasteiger partial charge in [0.05, 0.1) is 16.9 Å². The van der Waals surface area contributed by atoms with E-state index in [1.165, 1.54) is 18.2 Å². The molecule has 0 aromatic heterocycles. The van der Waals surface area contributed by atoms with Crippen LogP contribution in [0.2, 0.25) is 5.02 Å². The lowest BCUT2D eigenvalue weighted by Gasteiger charge is -2.11. The van der Waals surface area contributed by atoms with Crippen LogP contribution in [0.1, 0.15) is 11.1 Å². The van der Waals surface area contributed by atoms with Gasteiger partial charge in [0, 0.05) is 11.1 Å². The predicted octanol–water partition coefficient (Wildman–Crippen LogP) is 5.73. The van der Waals surface area contributed by atoms with Crippen molar-refractivity contribution < 1.29 is 19.2 Å². The summed E-state index contributed by atoms with van der Waals surface area (Å²) in [5.41, 5.74) is 1.58. The molecule has 0 aliphatic carbocycles. The average molecular weight is 496 g/mol. The number of benzene rings is 3. The first-order valence-electron chi connectivity index (χ1n) is 10.0. The minimum atomic E-state index is -0.572. The molecule has 0 atom stereocenters. The van der Waals surface area contributed by atoms with Crippen molar-refractivity contribution in [2.75, 3.05) is 7.11 Å². The number of amidine groups is 1. The quantitative estimate of drug-likeness (QED) is 0.255. The van der Waals surface area contributed by atoms with Crippen LogP contribution in [0.25, 0.3) is 6.08 Å². The predicted molar refractivity (Wildman–Crippen MR) is 133 cm³/mol. The van der Waals surface area contributed by atoms with Gasteiger partial charge in [-0.25, -0.2) is 4.99 Å². The standard InChI is InChI=1S/C24H18ClN3O5S/c1-32-20-10-7-16(11-21(20)33-14-15-5-3-2-4-6-15)12-22-23(29)27-24(34-22)26-18-9-8-17(25)13-19(18)28(30)31/h2-13H,14H2,1H3,(H,26,27,29)/b22-12+. The molecule has 4 rings (SSSR count). The summed E-state index contributed by atoms with van der Waals surface area (Å²) >= 11 is 6.93. The molecule has 0 spiro atoms. The third-order valence-electron chi connectivity index (χ3n) is 4.73. The molecule has 0 bridgehead atoms. The van der Waals surface area contributed by atoms with Crippen LogP contribution < -0.4 is 14.8 Å². The molecular formula is C24H18ClN3O5S. The van der Waals surface area contributed by atoms with Gasteiger partial charge in [-0.2, -0.15) is 0 Å². The number of nitro benzene ring substituents is 1. The number of amides is 1. The third kappa shape index (κ3) is 5.56. The zero-order chi connectivity index (χ0) is 24.1. The second-order valence-electron chi connectivity index (χ2n) is 7.06. The number of rotatable bonds is 7. The number of aliphatic imine (C=N–C) groups is 1. The second-order valence-corrected chi connectivity index (χ2v) is 8.52. The highest BCUT2D eigenvalue weighted by Crippen LogP contribution is 2.35. The number of thioether (sulfide) groups is 1. The first kappa shape index (κ1) is 23.3. The lowest BCUT2D eigenvalue weighted by atomic mass is 10.2. The second kappa shape index (κ2) is 10.4. The maximum absolute atomic E-state index is 12.5. The van der Waals surface area contributed by atoms with Gasteiger partial charge in [0.25, 0.3) is 11.6 Å². The summed E-state index contributed by atoms with van der Waals surface area (Å²) in [6, 6.07) is 19.2. The smallest absolute Gasteiger partial charge is 0.296 e. The van der Waals surface area contributed by atoms with Crippen molar-refractivity contribution in [3.05, 3.63) is 97.9 Å². The molecule has 0 saturated carbocycles. The Morgan fingerprint density at radius 3 is 2.65 bits per heavy atom. The number of hydrogen-bond donors (Lipinski definition) is 1. The monoisotopic (exact) mass is 495 g/mol. The number of methoxy groups -OCH3 is 1. The molecule has 1 aliphatic rings. The molecule has 1 aliphatic heterocycles. The van der Waals surface area contributed by atoms with Gasteiger partial charge in [-0.3, -0.25) is 14.9 Å². The molecule has 1 saturated heterocycles. The Labute approximate surface area is 204 Å². The van der Waals surface area contributed by atoms with Gasteiger partial charge in [0.1, 0.15) is 12.3 Å². The van der Waals surface area contributed by atoms with Crippen molar-refractivity contribution in [3.8, 4) is 11.5 Å². The number of nitrogens with one attached hydrogen (secondary N) is 1. The highest BCUT2D eigenvalue weighted by atomic mass is 35.5. The third-order valence-corrected chi connectivity index (χ3v) is 5.87. The van der Waals surface area contributed by atoms with E-state index in [4.69, 9.17) is 21.1 Å². The first-order valence-corrected chi connectivity index (χ1v) is 11.2. The fourth-order valence-corrected chi connectivity index (χ4v) is 4.11. The number of halogens is 1. The number of ether oxygens (including phenoxy) is 2. The van der Waals surface area contributed by atoms with Crippen molar-refractivity contribution in [3.63, 3.8) is 0 Å². The highest BCUT2D eigenvalue weighted by molar-refractivity contribution is 8.18.